The monoisotopic (exact) mass is 428 g/mol. The predicted octanol–water partition coefficient (Wildman–Crippen LogP) is 6.30. The normalized spacial score (nSPS) is 17.2. The van der Waals surface area contributed by atoms with E-state index in [4.69, 9.17) is 16.3 Å². The fourth-order valence-corrected chi connectivity index (χ4v) is 4.10. The topological polar surface area (TPSA) is 9.23 Å². The highest BCUT2D eigenvalue weighted by Gasteiger charge is 2.30. The fraction of sp³-hybridized carbons (Fsp3) is 0.294. The summed E-state index contributed by atoms with van der Waals surface area (Å²) in [5.74, 6) is 0.990. The average Bonchev–Trinajstić information content (AvgIpc) is 2.73. The van der Waals surface area contributed by atoms with Gasteiger partial charge in [0.15, 0.2) is 0 Å². The Morgan fingerprint density at radius 3 is 2.76 bits per heavy atom. The van der Waals surface area contributed by atoms with E-state index >= 15 is 0 Å². The second-order valence-corrected chi connectivity index (χ2v) is 8.06. The molecule has 110 valence electrons. The number of ether oxygens (including phenoxy) is 1. The van der Waals surface area contributed by atoms with Crippen LogP contribution < -0.4 is 4.74 Å². The van der Waals surface area contributed by atoms with E-state index in [2.05, 4.69) is 63.9 Å². The molecule has 0 bridgehead atoms. The highest BCUT2D eigenvalue weighted by Crippen LogP contribution is 2.42. The standard InChI is InChI=1S/C17H15Br2ClO/c1-17(2)9-11-8-10(6-7-14(11)21-17)15(19)12-4-3-5-13(18)16(12)20/h3-8,15H,9H2,1-2H3. The number of fused-ring (bicyclic) bond motifs is 1. The minimum atomic E-state index is -0.115. The number of alkyl halides is 1. The first-order valence-corrected chi connectivity index (χ1v) is 8.86. The van der Waals surface area contributed by atoms with Crippen molar-refractivity contribution in [2.24, 2.45) is 0 Å². The zero-order chi connectivity index (χ0) is 15.2. The highest BCUT2D eigenvalue weighted by atomic mass is 79.9. The lowest BCUT2D eigenvalue weighted by atomic mass is 9.98. The molecule has 1 unspecified atom stereocenters. The lowest BCUT2D eigenvalue weighted by Gasteiger charge is -2.16. The van der Waals surface area contributed by atoms with Gasteiger partial charge in [0.05, 0.1) is 9.85 Å². The van der Waals surface area contributed by atoms with E-state index in [0.29, 0.717) is 0 Å². The van der Waals surface area contributed by atoms with Gasteiger partial charge < -0.3 is 4.74 Å². The highest BCUT2D eigenvalue weighted by molar-refractivity contribution is 9.10. The van der Waals surface area contributed by atoms with E-state index in [1.165, 1.54) is 11.1 Å². The molecule has 0 saturated heterocycles. The number of rotatable bonds is 2. The van der Waals surface area contributed by atoms with Crippen LogP contribution in [-0.4, -0.2) is 5.60 Å². The van der Waals surface area contributed by atoms with Gasteiger partial charge in [-0.2, -0.15) is 0 Å². The molecule has 3 rings (SSSR count). The van der Waals surface area contributed by atoms with Crippen molar-refractivity contribution in [3.8, 4) is 5.75 Å². The van der Waals surface area contributed by atoms with E-state index in [0.717, 1.165) is 27.2 Å². The minimum Gasteiger partial charge on any atom is -0.487 e. The van der Waals surface area contributed by atoms with Crippen LogP contribution in [0.15, 0.2) is 40.9 Å². The number of halogens is 3. The molecule has 1 nitrogen and oxygen atoms in total. The zero-order valence-electron chi connectivity index (χ0n) is 11.8. The molecule has 0 N–H and O–H groups in total. The van der Waals surface area contributed by atoms with Gasteiger partial charge in [-0.1, -0.05) is 51.8 Å². The van der Waals surface area contributed by atoms with Gasteiger partial charge in [-0.25, -0.2) is 0 Å². The first kappa shape index (κ1) is 15.4. The van der Waals surface area contributed by atoms with Gasteiger partial charge in [0.1, 0.15) is 11.4 Å². The lowest BCUT2D eigenvalue weighted by Crippen LogP contribution is -2.24. The van der Waals surface area contributed by atoms with Gasteiger partial charge in [0.25, 0.3) is 0 Å². The lowest BCUT2D eigenvalue weighted by molar-refractivity contribution is 0.138. The summed E-state index contributed by atoms with van der Waals surface area (Å²) in [5, 5.41) is 0.747. The Bertz CT molecular complexity index is 697. The van der Waals surface area contributed by atoms with Gasteiger partial charge in [-0.15, -0.1) is 0 Å². The van der Waals surface area contributed by atoms with Crippen molar-refractivity contribution in [1.82, 2.24) is 0 Å². The maximum Gasteiger partial charge on any atom is 0.123 e. The first-order chi connectivity index (χ1) is 9.87. The molecular formula is C17H15Br2ClO. The molecule has 0 aliphatic carbocycles. The van der Waals surface area contributed by atoms with Crippen LogP contribution in [0.1, 0.15) is 35.4 Å². The Kier molecular flexibility index (Phi) is 4.10. The van der Waals surface area contributed by atoms with Gasteiger partial charge in [0, 0.05) is 10.9 Å². The van der Waals surface area contributed by atoms with Crippen LogP contribution in [0.5, 0.6) is 5.75 Å². The Balaban J connectivity index is 1.97. The SMILES string of the molecule is CC1(C)Cc2cc(C(Br)c3cccc(Br)c3Cl)ccc2O1. The number of hydrogen-bond acceptors (Lipinski definition) is 1. The van der Waals surface area contributed by atoms with Crippen LogP contribution in [-0.2, 0) is 6.42 Å². The van der Waals surface area contributed by atoms with Crippen LogP contribution in [0.4, 0.5) is 0 Å². The maximum atomic E-state index is 6.40. The Morgan fingerprint density at radius 1 is 1.24 bits per heavy atom. The molecule has 0 amide bonds. The zero-order valence-corrected chi connectivity index (χ0v) is 15.7. The predicted molar refractivity (Wildman–Crippen MR) is 94.8 cm³/mol. The maximum absolute atomic E-state index is 6.40. The van der Waals surface area contributed by atoms with E-state index in [9.17, 15) is 0 Å². The molecule has 1 heterocycles. The molecule has 0 fully saturated rings. The van der Waals surface area contributed by atoms with E-state index in [1.54, 1.807) is 0 Å². The Morgan fingerprint density at radius 2 is 2.00 bits per heavy atom. The molecule has 1 aliphatic rings. The third kappa shape index (κ3) is 3.01. The molecule has 1 aliphatic heterocycles. The minimum absolute atomic E-state index is 0.0662. The molecule has 0 aromatic heterocycles. The van der Waals surface area contributed by atoms with Crippen LogP contribution in [0.3, 0.4) is 0 Å². The van der Waals surface area contributed by atoms with Crippen molar-refractivity contribution in [3.63, 3.8) is 0 Å². The van der Waals surface area contributed by atoms with Crippen molar-refractivity contribution in [1.29, 1.82) is 0 Å². The van der Waals surface area contributed by atoms with Gasteiger partial charge in [-0.05, 0) is 58.6 Å². The summed E-state index contributed by atoms with van der Waals surface area (Å²) in [7, 11) is 0. The Labute approximate surface area is 146 Å². The molecule has 2 aromatic rings. The number of benzene rings is 2. The molecular weight excluding hydrogens is 415 g/mol. The fourth-order valence-electron chi connectivity index (χ4n) is 2.68. The molecule has 0 spiro atoms. The summed E-state index contributed by atoms with van der Waals surface area (Å²) in [6, 6.07) is 12.3. The van der Waals surface area contributed by atoms with E-state index in [-0.39, 0.29) is 10.4 Å². The third-order valence-electron chi connectivity index (χ3n) is 3.63. The molecule has 0 saturated carbocycles. The van der Waals surface area contributed by atoms with Crippen LogP contribution in [0.2, 0.25) is 5.02 Å². The molecule has 0 radical (unpaired) electrons. The van der Waals surface area contributed by atoms with Crippen molar-refractivity contribution >= 4 is 43.5 Å². The summed E-state index contributed by atoms with van der Waals surface area (Å²) in [5.41, 5.74) is 3.39. The van der Waals surface area contributed by atoms with Gasteiger partial charge >= 0.3 is 0 Å². The van der Waals surface area contributed by atoms with Gasteiger partial charge in [0.2, 0.25) is 0 Å². The van der Waals surface area contributed by atoms with Gasteiger partial charge in [-0.3, -0.25) is 0 Å². The van der Waals surface area contributed by atoms with E-state index in [1.807, 2.05) is 18.2 Å². The smallest absolute Gasteiger partial charge is 0.123 e. The summed E-state index contributed by atoms with van der Waals surface area (Å²) in [4.78, 5) is 0.0662. The van der Waals surface area contributed by atoms with Crippen molar-refractivity contribution < 1.29 is 4.74 Å². The van der Waals surface area contributed by atoms with Crippen LogP contribution in [0, 0.1) is 0 Å². The van der Waals surface area contributed by atoms with Crippen molar-refractivity contribution in [2.45, 2.75) is 30.7 Å². The first-order valence-electron chi connectivity index (χ1n) is 6.77. The molecule has 21 heavy (non-hydrogen) atoms. The molecule has 1 atom stereocenters. The van der Waals surface area contributed by atoms with Crippen molar-refractivity contribution in [2.75, 3.05) is 0 Å². The van der Waals surface area contributed by atoms with E-state index < -0.39 is 0 Å². The Hall–Kier alpha value is -0.510. The van der Waals surface area contributed by atoms with Crippen LogP contribution >= 0.6 is 43.5 Å². The molecule has 2 aromatic carbocycles. The second kappa shape index (κ2) is 5.60. The average molecular weight is 431 g/mol. The summed E-state index contributed by atoms with van der Waals surface area (Å²) in [6.07, 6.45) is 0.933. The van der Waals surface area contributed by atoms with Crippen molar-refractivity contribution in [3.05, 3.63) is 62.6 Å². The van der Waals surface area contributed by atoms with Crippen LogP contribution in [0.25, 0.3) is 0 Å². The molecule has 4 heteroatoms. The second-order valence-electron chi connectivity index (χ2n) is 5.91. The largest absolute Gasteiger partial charge is 0.487 e. The third-order valence-corrected chi connectivity index (χ3v) is 5.97. The quantitative estimate of drug-likeness (QED) is 0.508. The summed E-state index contributed by atoms with van der Waals surface area (Å²) < 4.78 is 6.84. The summed E-state index contributed by atoms with van der Waals surface area (Å²) >= 11 is 13.6. The summed E-state index contributed by atoms with van der Waals surface area (Å²) in [6.45, 7) is 4.23. The number of hydrogen-bond donors (Lipinski definition) is 0.